The van der Waals surface area contributed by atoms with Crippen LogP contribution >= 0.6 is 0 Å². The van der Waals surface area contributed by atoms with Crippen molar-refractivity contribution >= 4 is 12.3 Å². The third kappa shape index (κ3) is 7.33. The molecule has 0 fully saturated rings. The molecule has 35 heavy (non-hydrogen) atoms. The lowest BCUT2D eigenvalue weighted by Crippen LogP contribution is -2.26. The number of amides is 2. The zero-order chi connectivity index (χ0) is 25.2. The summed E-state index contributed by atoms with van der Waals surface area (Å²) in [7, 11) is 1.84. The summed E-state index contributed by atoms with van der Waals surface area (Å²) in [5.41, 5.74) is 12.5. The van der Waals surface area contributed by atoms with Crippen LogP contribution in [0.3, 0.4) is 0 Å². The third-order valence-electron chi connectivity index (χ3n) is 5.52. The summed E-state index contributed by atoms with van der Waals surface area (Å²) in [5.74, 6) is -0.000875. The van der Waals surface area contributed by atoms with E-state index in [1.807, 2.05) is 50.5 Å². The van der Waals surface area contributed by atoms with Crippen LogP contribution < -0.4 is 5.73 Å². The maximum absolute atomic E-state index is 13.3. The van der Waals surface area contributed by atoms with Crippen molar-refractivity contribution in [1.82, 2.24) is 14.9 Å². The first kappa shape index (κ1) is 25.3. The molecule has 0 aliphatic heterocycles. The number of nitrogens with zero attached hydrogens (tertiary/aromatic N) is 3. The summed E-state index contributed by atoms with van der Waals surface area (Å²) in [4.78, 5) is 32.1. The average molecular weight is 467 g/mol. The molecule has 6 heteroatoms. The summed E-state index contributed by atoms with van der Waals surface area (Å²) in [6.07, 6.45) is 6.38. The number of hydrogen-bond acceptors (Lipinski definition) is 4. The molecule has 178 valence electrons. The van der Waals surface area contributed by atoms with E-state index >= 15 is 0 Å². The second kappa shape index (κ2) is 12.2. The number of aryl methyl sites for hydroxylation is 2. The van der Waals surface area contributed by atoms with Crippen LogP contribution in [-0.4, -0.2) is 34.2 Å². The fraction of sp³-hybridized carbons (Fsp3) is 0.172. The Balaban J connectivity index is 0.00000108. The number of benzene rings is 2. The van der Waals surface area contributed by atoms with Crippen molar-refractivity contribution in [3.05, 3.63) is 119 Å². The van der Waals surface area contributed by atoms with Gasteiger partial charge in [0.15, 0.2) is 0 Å². The van der Waals surface area contributed by atoms with Crippen LogP contribution in [0.25, 0.3) is 11.1 Å². The van der Waals surface area contributed by atoms with Crippen LogP contribution in [0.1, 0.15) is 38.3 Å². The average Bonchev–Trinajstić information content (AvgIpc) is 2.86. The molecule has 2 amide bonds. The minimum absolute atomic E-state index is 0.000875. The van der Waals surface area contributed by atoms with Crippen LogP contribution in [0.5, 0.6) is 0 Å². The van der Waals surface area contributed by atoms with Gasteiger partial charge in [-0.15, -0.1) is 0 Å². The number of primary amides is 1. The second-order valence-electron chi connectivity index (χ2n) is 8.42. The summed E-state index contributed by atoms with van der Waals surface area (Å²) < 4.78 is 0. The Kier molecular flexibility index (Phi) is 8.84. The minimum Gasteiger partial charge on any atom is -0.372 e. The zero-order valence-corrected chi connectivity index (χ0v) is 20.3. The number of nitrogens with two attached hydrogens (primary N) is 1. The van der Waals surface area contributed by atoms with Gasteiger partial charge in [-0.3, -0.25) is 19.6 Å². The van der Waals surface area contributed by atoms with Crippen LogP contribution in [0.15, 0.2) is 85.3 Å². The summed E-state index contributed by atoms with van der Waals surface area (Å²) >= 11 is 0. The van der Waals surface area contributed by atoms with E-state index in [1.165, 1.54) is 5.56 Å². The van der Waals surface area contributed by atoms with E-state index < -0.39 is 0 Å². The SMILES string of the molecule is Cc1ccc(-c2cc(Cc3ccc(C)nc3)cc(C(=O)N(C)Cc3ccncc3)c2)cc1.NC=O. The van der Waals surface area contributed by atoms with Gasteiger partial charge in [-0.1, -0.05) is 42.0 Å². The molecule has 0 bridgehead atoms. The molecule has 4 rings (SSSR count). The van der Waals surface area contributed by atoms with E-state index in [0.717, 1.165) is 39.9 Å². The predicted molar refractivity (Wildman–Crippen MR) is 139 cm³/mol. The van der Waals surface area contributed by atoms with Gasteiger partial charge < -0.3 is 10.6 Å². The molecule has 2 heterocycles. The fourth-order valence-corrected chi connectivity index (χ4v) is 3.72. The Labute approximate surface area is 206 Å². The Hall–Kier alpha value is -4.32. The van der Waals surface area contributed by atoms with Crippen LogP contribution in [0, 0.1) is 13.8 Å². The van der Waals surface area contributed by atoms with E-state index in [9.17, 15) is 4.79 Å². The first-order valence-electron chi connectivity index (χ1n) is 11.3. The van der Waals surface area contributed by atoms with Gasteiger partial charge in [-0.25, -0.2) is 0 Å². The van der Waals surface area contributed by atoms with Crippen molar-refractivity contribution in [2.45, 2.75) is 26.8 Å². The number of carbonyl (C=O) groups is 2. The molecule has 2 aromatic carbocycles. The van der Waals surface area contributed by atoms with Crippen molar-refractivity contribution in [3.63, 3.8) is 0 Å². The van der Waals surface area contributed by atoms with E-state index in [-0.39, 0.29) is 12.3 Å². The molecule has 0 aliphatic carbocycles. The molecule has 0 radical (unpaired) electrons. The van der Waals surface area contributed by atoms with Gasteiger partial charge in [-0.2, -0.15) is 0 Å². The number of carbonyl (C=O) groups excluding carboxylic acids is 2. The highest BCUT2D eigenvalue weighted by Gasteiger charge is 2.15. The lowest BCUT2D eigenvalue weighted by molar-refractivity contribution is -0.106. The molecule has 0 saturated carbocycles. The van der Waals surface area contributed by atoms with E-state index in [0.29, 0.717) is 12.1 Å². The number of hydrogen-bond donors (Lipinski definition) is 1. The lowest BCUT2D eigenvalue weighted by Gasteiger charge is -2.19. The first-order chi connectivity index (χ1) is 16.9. The summed E-state index contributed by atoms with van der Waals surface area (Å²) in [5, 5.41) is 0. The molecule has 4 aromatic rings. The van der Waals surface area contributed by atoms with Gasteiger partial charge in [0.2, 0.25) is 6.41 Å². The quantitative estimate of drug-likeness (QED) is 0.416. The van der Waals surface area contributed by atoms with Gasteiger partial charge in [0.1, 0.15) is 0 Å². The second-order valence-corrected chi connectivity index (χ2v) is 8.42. The Morgan fingerprint density at radius 3 is 2.20 bits per heavy atom. The van der Waals surface area contributed by atoms with Crippen molar-refractivity contribution in [2.24, 2.45) is 5.73 Å². The first-order valence-corrected chi connectivity index (χ1v) is 11.3. The van der Waals surface area contributed by atoms with Gasteiger partial charge >= 0.3 is 0 Å². The van der Waals surface area contributed by atoms with E-state index in [2.05, 4.69) is 59.0 Å². The highest BCUT2D eigenvalue weighted by molar-refractivity contribution is 5.95. The topological polar surface area (TPSA) is 89.2 Å². The van der Waals surface area contributed by atoms with Gasteiger partial charge in [0.25, 0.3) is 5.91 Å². The molecule has 2 aromatic heterocycles. The zero-order valence-electron chi connectivity index (χ0n) is 20.3. The maximum atomic E-state index is 13.3. The highest BCUT2D eigenvalue weighted by atomic mass is 16.2. The van der Waals surface area contributed by atoms with Crippen molar-refractivity contribution in [2.75, 3.05) is 7.05 Å². The standard InChI is InChI=1S/C28H27N3O.CH3NO/c1-20-4-8-25(9-5-20)26-15-24(14-23-7-6-21(2)30-18-23)16-27(17-26)28(32)31(3)19-22-10-12-29-13-11-22;2-1-3/h4-13,15-18H,14,19H2,1-3H3;1H,(H2,2,3). The van der Waals surface area contributed by atoms with Crippen LogP contribution in [0.2, 0.25) is 0 Å². The third-order valence-corrected chi connectivity index (χ3v) is 5.52. The molecule has 0 spiro atoms. The highest BCUT2D eigenvalue weighted by Crippen LogP contribution is 2.25. The molecular formula is C29H30N4O2. The normalized spacial score (nSPS) is 10.1. The van der Waals surface area contributed by atoms with Crippen molar-refractivity contribution in [3.8, 4) is 11.1 Å². The Bertz CT molecular complexity index is 1250. The van der Waals surface area contributed by atoms with Gasteiger partial charge in [0.05, 0.1) is 0 Å². The summed E-state index contributed by atoms with van der Waals surface area (Å²) in [6, 6.07) is 22.6. The molecule has 2 N–H and O–H groups in total. The number of pyridine rings is 2. The molecule has 6 nitrogen and oxygen atoms in total. The largest absolute Gasteiger partial charge is 0.372 e. The van der Waals surface area contributed by atoms with E-state index in [4.69, 9.17) is 4.79 Å². The maximum Gasteiger partial charge on any atom is 0.253 e. The van der Waals surface area contributed by atoms with Crippen LogP contribution in [-0.2, 0) is 17.8 Å². The van der Waals surface area contributed by atoms with Crippen molar-refractivity contribution in [1.29, 1.82) is 0 Å². The summed E-state index contributed by atoms with van der Waals surface area (Å²) in [6.45, 7) is 4.60. The number of aromatic nitrogens is 2. The lowest BCUT2D eigenvalue weighted by atomic mass is 9.95. The molecule has 0 unspecified atom stereocenters. The Morgan fingerprint density at radius 2 is 1.57 bits per heavy atom. The van der Waals surface area contributed by atoms with Crippen molar-refractivity contribution < 1.29 is 9.59 Å². The monoisotopic (exact) mass is 466 g/mol. The predicted octanol–water partition coefficient (Wildman–Crippen LogP) is 4.72. The minimum atomic E-state index is -0.000875. The molecule has 0 saturated heterocycles. The van der Waals surface area contributed by atoms with Gasteiger partial charge in [-0.05, 0) is 78.4 Å². The van der Waals surface area contributed by atoms with Gasteiger partial charge in [0, 0.05) is 43.4 Å². The molecule has 0 atom stereocenters. The van der Waals surface area contributed by atoms with Crippen LogP contribution in [0.4, 0.5) is 0 Å². The number of rotatable bonds is 6. The van der Waals surface area contributed by atoms with E-state index in [1.54, 1.807) is 17.3 Å². The Morgan fingerprint density at radius 1 is 0.886 bits per heavy atom. The smallest absolute Gasteiger partial charge is 0.253 e. The molecular weight excluding hydrogens is 436 g/mol. The fourth-order valence-electron chi connectivity index (χ4n) is 3.72. The molecule has 0 aliphatic rings.